The summed E-state index contributed by atoms with van der Waals surface area (Å²) < 4.78 is 43.8. The predicted octanol–water partition coefficient (Wildman–Crippen LogP) is 4.82. The Labute approximate surface area is 214 Å². The zero-order valence-corrected chi connectivity index (χ0v) is 20.6. The van der Waals surface area contributed by atoms with Gasteiger partial charge in [0, 0.05) is 5.69 Å². The number of carbonyl (C=O) groups excluding carboxylic acids is 1. The molecule has 1 aromatic heterocycles. The number of benzene rings is 3. The van der Waals surface area contributed by atoms with E-state index < -0.39 is 15.4 Å². The summed E-state index contributed by atoms with van der Waals surface area (Å²) in [5.41, 5.74) is 2.71. The summed E-state index contributed by atoms with van der Waals surface area (Å²) in [7, 11) is -3.68. The molecule has 0 radical (unpaired) electrons. The maximum atomic E-state index is 13.3. The molecule has 0 spiro atoms. The fourth-order valence-corrected chi connectivity index (χ4v) is 5.48. The Kier molecular flexibility index (Phi) is 5.73. The third-order valence-corrected chi connectivity index (χ3v) is 8.16. The molecule has 9 heteroatoms. The Balaban J connectivity index is 1.16. The van der Waals surface area contributed by atoms with E-state index in [4.69, 9.17) is 13.9 Å². The standard InChI is InChI=1S/C28H24N2O6S/c31-27(28(12-13-28)21-8-11-25-26(16-21)36-18-35-25)30-22-4-1-3-20(15-22)19-6-9-24(10-7-19)37(32,33)29-17-23-5-2-14-34-23/h1-11,14-16,29H,12-13,17-18H2,(H,30,31). The number of ether oxygens (including phenoxy) is 2. The van der Waals surface area contributed by atoms with Crippen LogP contribution in [0.25, 0.3) is 11.1 Å². The number of anilines is 1. The zero-order chi connectivity index (χ0) is 25.5. The first kappa shape index (κ1) is 23.3. The molecule has 0 unspecified atom stereocenters. The molecule has 1 aliphatic carbocycles. The molecule has 4 aromatic rings. The van der Waals surface area contributed by atoms with E-state index in [0.717, 1.165) is 29.5 Å². The molecular weight excluding hydrogens is 492 g/mol. The highest BCUT2D eigenvalue weighted by Gasteiger charge is 2.51. The van der Waals surface area contributed by atoms with Gasteiger partial charge < -0.3 is 19.2 Å². The fraction of sp³-hybridized carbons (Fsp3) is 0.179. The highest BCUT2D eigenvalue weighted by molar-refractivity contribution is 7.89. The van der Waals surface area contributed by atoms with Crippen LogP contribution in [0.1, 0.15) is 24.2 Å². The first-order valence-electron chi connectivity index (χ1n) is 11.9. The minimum absolute atomic E-state index is 0.0624. The number of furan rings is 1. The molecule has 1 saturated carbocycles. The lowest BCUT2D eigenvalue weighted by Crippen LogP contribution is -2.27. The van der Waals surface area contributed by atoms with Crippen molar-refractivity contribution in [2.45, 2.75) is 29.7 Å². The quantitative estimate of drug-likeness (QED) is 0.348. The average molecular weight is 517 g/mol. The van der Waals surface area contributed by atoms with Gasteiger partial charge in [-0.1, -0.05) is 30.3 Å². The summed E-state index contributed by atoms with van der Waals surface area (Å²) in [6.07, 6.45) is 3.03. The van der Waals surface area contributed by atoms with Crippen molar-refractivity contribution in [3.63, 3.8) is 0 Å². The van der Waals surface area contributed by atoms with Crippen LogP contribution in [0.15, 0.2) is 94.4 Å². The molecule has 6 rings (SSSR count). The van der Waals surface area contributed by atoms with Gasteiger partial charge in [-0.05, 0) is 78.1 Å². The van der Waals surface area contributed by atoms with Gasteiger partial charge in [0.25, 0.3) is 0 Å². The van der Waals surface area contributed by atoms with Gasteiger partial charge in [-0.3, -0.25) is 4.79 Å². The number of nitrogens with one attached hydrogen (secondary N) is 2. The van der Waals surface area contributed by atoms with Crippen molar-refractivity contribution in [2.75, 3.05) is 12.1 Å². The van der Waals surface area contributed by atoms with Crippen LogP contribution in [0.3, 0.4) is 0 Å². The third kappa shape index (κ3) is 4.59. The number of fused-ring (bicyclic) bond motifs is 1. The minimum Gasteiger partial charge on any atom is -0.468 e. The number of rotatable bonds is 8. The van der Waals surface area contributed by atoms with E-state index in [0.29, 0.717) is 22.9 Å². The van der Waals surface area contributed by atoms with E-state index in [1.165, 1.54) is 6.26 Å². The van der Waals surface area contributed by atoms with Crippen LogP contribution < -0.4 is 19.5 Å². The van der Waals surface area contributed by atoms with E-state index >= 15 is 0 Å². The van der Waals surface area contributed by atoms with Crippen LogP contribution in [0, 0.1) is 0 Å². The number of amides is 1. The van der Waals surface area contributed by atoms with Gasteiger partial charge in [-0.25, -0.2) is 13.1 Å². The van der Waals surface area contributed by atoms with Gasteiger partial charge in [0.15, 0.2) is 11.5 Å². The monoisotopic (exact) mass is 516 g/mol. The Hall–Kier alpha value is -4.08. The van der Waals surface area contributed by atoms with E-state index in [9.17, 15) is 13.2 Å². The van der Waals surface area contributed by atoms with Crippen molar-refractivity contribution in [1.29, 1.82) is 0 Å². The third-order valence-electron chi connectivity index (χ3n) is 6.74. The number of hydrogen-bond acceptors (Lipinski definition) is 6. The summed E-state index contributed by atoms with van der Waals surface area (Å²) >= 11 is 0. The number of sulfonamides is 1. The van der Waals surface area contributed by atoms with Crippen molar-refractivity contribution in [2.24, 2.45) is 0 Å². The molecule has 37 heavy (non-hydrogen) atoms. The van der Waals surface area contributed by atoms with Gasteiger partial charge in [0.2, 0.25) is 22.7 Å². The smallest absolute Gasteiger partial charge is 0.240 e. The Bertz CT molecular complexity index is 1560. The molecule has 0 saturated heterocycles. The van der Waals surface area contributed by atoms with E-state index in [1.54, 1.807) is 36.4 Å². The van der Waals surface area contributed by atoms with Crippen LogP contribution in [-0.2, 0) is 26.8 Å². The van der Waals surface area contributed by atoms with Crippen molar-refractivity contribution >= 4 is 21.6 Å². The second kappa shape index (κ2) is 9.10. The first-order valence-corrected chi connectivity index (χ1v) is 13.4. The molecule has 1 fully saturated rings. The number of hydrogen-bond donors (Lipinski definition) is 2. The highest BCUT2D eigenvalue weighted by atomic mass is 32.2. The topological polar surface area (TPSA) is 107 Å². The first-order chi connectivity index (χ1) is 17.9. The summed E-state index contributed by atoms with van der Waals surface area (Å²) in [5.74, 6) is 1.83. The van der Waals surface area contributed by atoms with Crippen molar-refractivity contribution in [3.8, 4) is 22.6 Å². The SMILES string of the molecule is O=C(Nc1cccc(-c2ccc(S(=O)(=O)NCc3ccco3)cc2)c1)C1(c2ccc3c(c2)OCO3)CC1. The Morgan fingerprint density at radius 1 is 0.865 bits per heavy atom. The van der Waals surface area contributed by atoms with Crippen LogP contribution in [0.2, 0.25) is 0 Å². The summed E-state index contributed by atoms with van der Waals surface area (Å²) in [5, 5.41) is 3.06. The Morgan fingerprint density at radius 3 is 2.43 bits per heavy atom. The van der Waals surface area contributed by atoms with Crippen LogP contribution in [0.5, 0.6) is 11.5 Å². The van der Waals surface area contributed by atoms with Gasteiger partial charge in [-0.2, -0.15) is 0 Å². The zero-order valence-electron chi connectivity index (χ0n) is 19.8. The van der Waals surface area contributed by atoms with Gasteiger partial charge >= 0.3 is 0 Å². The molecule has 3 aromatic carbocycles. The van der Waals surface area contributed by atoms with Gasteiger partial charge in [0.05, 0.1) is 23.1 Å². The van der Waals surface area contributed by atoms with E-state index in [1.807, 2.05) is 42.5 Å². The summed E-state index contributed by atoms with van der Waals surface area (Å²) in [6.45, 7) is 0.270. The van der Waals surface area contributed by atoms with Crippen molar-refractivity contribution in [1.82, 2.24) is 4.72 Å². The van der Waals surface area contributed by atoms with Gasteiger partial charge in [0.1, 0.15) is 5.76 Å². The summed E-state index contributed by atoms with van der Waals surface area (Å²) in [4.78, 5) is 13.4. The van der Waals surface area contributed by atoms with E-state index in [2.05, 4.69) is 10.0 Å². The maximum Gasteiger partial charge on any atom is 0.240 e. The molecule has 8 nitrogen and oxygen atoms in total. The predicted molar refractivity (Wildman–Crippen MR) is 137 cm³/mol. The molecule has 2 heterocycles. The largest absolute Gasteiger partial charge is 0.468 e. The molecule has 2 N–H and O–H groups in total. The second-order valence-electron chi connectivity index (χ2n) is 9.11. The minimum atomic E-state index is -3.68. The molecule has 1 amide bonds. The molecule has 2 aliphatic rings. The van der Waals surface area contributed by atoms with E-state index in [-0.39, 0.29) is 24.1 Å². The molecule has 188 valence electrons. The van der Waals surface area contributed by atoms with Crippen molar-refractivity contribution in [3.05, 3.63) is 96.4 Å². The maximum absolute atomic E-state index is 13.3. The van der Waals surface area contributed by atoms with Crippen LogP contribution in [-0.4, -0.2) is 21.1 Å². The normalized spacial score (nSPS) is 15.4. The second-order valence-corrected chi connectivity index (χ2v) is 10.9. The lowest BCUT2D eigenvalue weighted by molar-refractivity contribution is -0.118. The van der Waals surface area contributed by atoms with Crippen molar-refractivity contribution < 1.29 is 27.1 Å². The average Bonchev–Trinajstić information content (AvgIpc) is 3.31. The number of carbonyl (C=O) groups is 1. The molecular formula is C28H24N2O6S. The molecule has 0 bridgehead atoms. The van der Waals surface area contributed by atoms with Gasteiger partial charge in [-0.15, -0.1) is 0 Å². The lowest BCUT2D eigenvalue weighted by Gasteiger charge is -2.17. The Morgan fingerprint density at radius 2 is 1.68 bits per heavy atom. The molecule has 1 aliphatic heterocycles. The van der Waals surface area contributed by atoms with Crippen LogP contribution >= 0.6 is 0 Å². The summed E-state index contributed by atoms with van der Waals surface area (Å²) in [6, 6.07) is 23.2. The lowest BCUT2D eigenvalue weighted by atomic mass is 9.94. The molecule has 0 atom stereocenters. The fourth-order valence-electron chi connectivity index (χ4n) is 4.48. The highest BCUT2D eigenvalue weighted by Crippen LogP contribution is 2.51. The van der Waals surface area contributed by atoms with Crippen LogP contribution in [0.4, 0.5) is 5.69 Å².